The zero-order chi connectivity index (χ0) is 18.2. The van der Waals surface area contributed by atoms with Crippen LogP contribution in [0, 0.1) is 11.3 Å². The second-order valence-electron chi connectivity index (χ2n) is 4.95. The molecular formula is C17H13Cl2N3O3. The van der Waals surface area contributed by atoms with Gasteiger partial charge in [-0.2, -0.15) is 5.26 Å². The average molecular weight is 378 g/mol. The highest BCUT2D eigenvalue weighted by Gasteiger charge is 2.08. The van der Waals surface area contributed by atoms with Crippen LogP contribution in [0.5, 0.6) is 5.75 Å². The fourth-order valence-corrected chi connectivity index (χ4v) is 2.15. The third kappa shape index (κ3) is 5.99. The molecule has 128 valence electrons. The van der Waals surface area contributed by atoms with Gasteiger partial charge in [-0.1, -0.05) is 29.3 Å². The summed E-state index contributed by atoms with van der Waals surface area (Å²) in [4.78, 5) is 23.4. The van der Waals surface area contributed by atoms with Gasteiger partial charge in [-0.3, -0.25) is 20.4 Å². The molecule has 2 amide bonds. The van der Waals surface area contributed by atoms with E-state index < -0.39 is 11.8 Å². The molecule has 0 bridgehead atoms. The van der Waals surface area contributed by atoms with Gasteiger partial charge in [0.1, 0.15) is 5.75 Å². The lowest BCUT2D eigenvalue weighted by molar-refractivity contribution is -0.129. The first-order chi connectivity index (χ1) is 12.0. The standard InChI is InChI=1S/C17H13Cl2N3O3/c18-14-6-3-12(7-15(14)19)8-16(23)21-22-17(24)10-25-13-4-1-11(9-20)2-5-13/h1-7H,8,10H2,(H,21,23)(H,22,24). The summed E-state index contributed by atoms with van der Waals surface area (Å²) in [6, 6.07) is 13.1. The fourth-order valence-electron chi connectivity index (χ4n) is 1.83. The van der Waals surface area contributed by atoms with Crippen LogP contribution in [0.2, 0.25) is 10.0 Å². The molecule has 0 saturated carbocycles. The minimum atomic E-state index is -0.521. The molecule has 2 rings (SSSR count). The Morgan fingerprint density at radius 2 is 1.68 bits per heavy atom. The molecule has 0 saturated heterocycles. The van der Waals surface area contributed by atoms with Crippen LogP contribution in [0.3, 0.4) is 0 Å². The second kappa shape index (κ2) is 8.92. The Hall–Kier alpha value is -2.75. The maximum absolute atomic E-state index is 11.8. The molecule has 0 aliphatic carbocycles. The third-order valence-electron chi connectivity index (χ3n) is 3.04. The number of hydrogen-bond donors (Lipinski definition) is 2. The lowest BCUT2D eigenvalue weighted by Crippen LogP contribution is -2.44. The van der Waals surface area contributed by atoms with Crippen molar-refractivity contribution < 1.29 is 14.3 Å². The van der Waals surface area contributed by atoms with Crippen LogP contribution in [-0.4, -0.2) is 18.4 Å². The summed E-state index contributed by atoms with van der Waals surface area (Å²) in [7, 11) is 0. The Bertz CT molecular complexity index is 817. The lowest BCUT2D eigenvalue weighted by atomic mass is 10.1. The van der Waals surface area contributed by atoms with Crippen molar-refractivity contribution in [2.45, 2.75) is 6.42 Å². The van der Waals surface area contributed by atoms with E-state index in [1.54, 1.807) is 42.5 Å². The highest BCUT2D eigenvalue weighted by Crippen LogP contribution is 2.22. The first kappa shape index (κ1) is 18.6. The van der Waals surface area contributed by atoms with Crippen molar-refractivity contribution in [3.05, 3.63) is 63.6 Å². The van der Waals surface area contributed by atoms with E-state index in [1.165, 1.54) is 0 Å². The van der Waals surface area contributed by atoms with Gasteiger partial charge >= 0.3 is 0 Å². The lowest BCUT2D eigenvalue weighted by Gasteiger charge is -2.09. The number of hydrazine groups is 1. The molecule has 8 heteroatoms. The van der Waals surface area contributed by atoms with Gasteiger partial charge in [0.25, 0.3) is 5.91 Å². The smallest absolute Gasteiger partial charge is 0.276 e. The molecule has 2 N–H and O–H groups in total. The summed E-state index contributed by atoms with van der Waals surface area (Å²) < 4.78 is 5.24. The molecule has 0 aliphatic rings. The summed E-state index contributed by atoms with van der Waals surface area (Å²) in [5.74, 6) is -0.492. The molecule has 2 aromatic rings. The number of carbonyl (C=O) groups is 2. The molecular weight excluding hydrogens is 365 g/mol. The van der Waals surface area contributed by atoms with Gasteiger partial charge < -0.3 is 4.74 Å². The van der Waals surface area contributed by atoms with E-state index in [0.717, 1.165) is 0 Å². The number of amides is 2. The van der Waals surface area contributed by atoms with Gasteiger partial charge in [0, 0.05) is 0 Å². The van der Waals surface area contributed by atoms with Gasteiger partial charge in [-0.05, 0) is 42.0 Å². The zero-order valence-electron chi connectivity index (χ0n) is 12.9. The van der Waals surface area contributed by atoms with Crippen molar-refractivity contribution in [1.82, 2.24) is 10.9 Å². The summed E-state index contributed by atoms with van der Waals surface area (Å²) in [5.41, 5.74) is 5.68. The molecule has 2 aromatic carbocycles. The largest absolute Gasteiger partial charge is 0.484 e. The Balaban J connectivity index is 1.74. The van der Waals surface area contributed by atoms with Crippen molar-refractivity contribution in [1.29, 1.82) is 5.26 Å². The molecule has 0 atom stereocenters. The van der Waals surface area contributed by atoms with Crippen molar-refractivity contribution >= 4 is 35.0 Å². The average Bonchev–Trinajstić information content (AvgIpc) is 2.61. The molecule has 0 radical (unpaired) electrons. The number of nitrogens with zero attached hydrogens (tertiary/aromatic N) is 1. The van der Waals surface area contributed by atoms with Crippen molar-refractivity contribution in [3.8, 4) is 11.8 Å². The molecule has 0 aliphatic heterocycles. The topological polar surface area (TPSA) is 91.2 Å². The molecule has 6 nitrogen and oxygen atoms in total. The zero-order valence-corrected chi connectivity index (χ0v) is 14.4. The molecule has 0 heterocycles. The number of nitrogens with one attached hydrogen (secondary N) is 2. The van der Waals surface area contributed by atoms with Crippen molar-refractivity contribution in [3.63, 3.8) is 0 Å². The number of benzene rings is 2. The molecule has 0 unspecified atom stereocenters. The predicted molar refractivity (Wildman–Crippen MR) is 93.1 cm³/mol. The van der Waals surface area contributed by atoms with Gasteiger partial charge in [-0.15, -0.1) is 0 Å². The van der Waals surface area contributed by atoms with Crippen LogP contribution in [0.1, 0.15) is 11.1 Å². The van der Waals surface area contributed by atoms with Crippen LogP contribution in [0.25, 0.3) is 0 Å². The molecule has 0 spiro atoms. The van der Waals surface area contributed by atoms with E-state index in [0.29, 0.717) is 26.9 Å². The van der Waals surface area contributed by atoms with Crippen LogP contribution in [0.4, 0.5) is 0 Å². The van der Waals surface area contributed by atoms with E-state index in [2.05, 4.69) is 10.9 Å². The number of rotatable bonds is 5. The fraction of sp³-hybridized carbons (Fsp3) is 0.118. The van der Waals surface area contributed by atoms with Gasteiger partial charge in [0.15, 0.2) is 6.61 Å². The Kier molecular flexibility index (Phi) is 6.63. The third-order valence-corrected chi connectivity index (χ3v) is 3.78. The number of nitriles is 1. The van der Waals surface area contributed by atoms with E-state index >= 15 is 0 Å². The number of ether oxygens (including phenoxy) is 1. The molecule has 25 heavy (non-hydrogen) atoms. The Morgan fingerprint density at radius 1 is 1.00 bits per heavy atom. The highest BCUT2D eigenvalue weighted by molar-refractivity contribution is 6.42. The number of carbonyl (C=O) groups excluding carboxylic acids is 2. The normalized spacial score (nSPS) is 9.80. The summed E-state index contributed by atoms with van der Waals surface area (Å²) >= 11 is 11.7. The van der Waals surface area contributed by atoms with E-state index in [1.807, 2.05) is 6.07 Å². The van der Waals surface area contributed by atoms with E-state index in [-0.39, 0.29) is 13.0 Å². The van der Waals surface area contributed by atoms with Crippen molar-refractivity contribution in [2.24, 2.45) is 0 Å². The quantitative estimate of drug-likeness (QED) is 0.783. The summed E-state index contributed by atoms with van der Waals surface area (Å²) in [5, 5.41) is 9.45. The van der Waals surface area contributed by atoms with Gasteiger partial charge in [-0.25, -0.2) is 0 Å². The van der Waals surface area contributed by atoms with Gasteiger partial charge in [0.05, 0.1) is 28.1 Å². The van der Waals surface area contributed by atoms with Crippen molar-refractivity contribution in [2.75, 3.05) is 6.61 Å². The SMILES string of the molecule is N#Cc1ccc(OCC(=O)NNC(=O)Cc2ccc(Cl)c(Cl)c2)cc1. The first-order valence-electron chi connectivity index (χ1n) is 7.12. The molecule has 0 fully saturated rings. The predicted octanol–water partition coefficient (Wildman–Crippen LogP) is 2.63. The van der Waals surface area contributed by atoms with Crippen LogP contribution in [0.15, 0.2) is 42.5 Å². The Labute approximate surface area is 154 Å². The number of halogens is 2. The van der Waals surface area contributed by atoms with E-state index in [4.69, 9.17) is 33.2 Å². The first-order valence-corrected chi connectivity index (χ1v) is 7.88. The maximum atomic E-state index is 11.8. The van der Waals surface area contributed by atoms with Crippen LogP contribution >= 0.6 is 23.2 Å². The van der Waals surface area contributed by atoms with Gasteiger partial charge in [0.2, 0.25) is 5.91 Å². The monoisotopic (exact) mass is 377 g/mol. The highest BCUT2D eigenvalue weighted by atomic mass is 35.5. The summed E-state index contributed by atoms with van der Waals surface area (Å²) in [6.07, 6.45) is 0.0354. The number of hydrogen-bond acceptors (Lipinski definition) is 4. The summed E-state index contributed by atoms with van der Waals surface area (Å²) in [6.45, 7) is -0.279. The second-order valence-corrected chi connectivity index (χ2v) is 5.76. The van der Waals surface area contributed by atoms with Crippen LogP contribution < -0.4 is 15.6 Å². The van der Waals surface area contributed by atoms with Crippen LogP contribution in [-0.2, 0) is 16.0 Å². The minimum absolute atomic E-state index is 0.0354. The maximum Gasteiger partial charge on any atom is 0.276 e. The minimum Gasteiger partial charge on any atom is -0.484 e. The molecule has 0 aromatic heterocycles. The van der Waals surface area contributed by atoms with E-state index in [9.17, 15) is 9.59 Å². The Morgan fingerprint density at radius 3 is 2.32 bits per heavy atom.